The molecule has 0 aliphatic carbocycles. The SMILES string of the molecule is CN(Cc1cccc(N2CCC(C(=O)O)CC2)c1)C(=O)CCCc1ccc(Cl)cc1. The predicted octanol–water partition coefficient (Wildman–Crippen LogP) is 4.62. The number of carboxylic acids is 1. The summed E-state index contributed by atoms with van der Waals surface area (Å²) in [4.78, 5) is 27.7. The Labute approximate surface area is 183 Å². The number of carbonyl (C=O) groups excluding carboxylic acids is 1. The van der Waals surface area contributed by atoms with Crippen LogP contribution >= 0.6 is 11.6 Å². The Morgan fingerprint density at radius 1 is 1.10 bits per heavy atom. The van der Waals surface area contributed by atoms with Crippen LogP contribution in [0.5, 0.6) is 0 Å². The summed E-state index contributed by atoms with van der Waals surface area (Å²) in [6.45, 7) is 2.07. The molecule has 0 unspecified atom stereocenters. The highest BCUT2D eigenvalue weighted by Gasteiger charge is 2.24. The van der Waals surface area contributed by atoms with E-state index >= 15 is 0 Å². The number of aryl methyl sites for hydroxylation is 1. The van der Waals surface area contributed by atoms with Gasteiger partial charge in [0.2, 0.25) is 5.91 Å². The van der Waals surface area contributed by atoms with Crippen molar-refractivity contribution < 1.29 is 14.7 Å². The van der Waals surface area contributed by atoms with Gasteiger partial charge >= 0.3 is 5.97 Å². The quantitative estimate of drug-likeness (QED) is 0.666. The normalized spacial score (nSPS) is 14.5. The van der Waals surface area contributed by atoms with Crippen molar-refractivity contribution in [2.75, 3.05) is 25.0 Å². The van der Waals surface area contributed by atoms with Crippen LogP contribution in [0.1, 0.15) is 36.8 Å². The molecule has 30 heavy (non-hydrogen) atoms. The molecule has 0 saturated carbocycles. The molecule has 1 aliphatic heterocycles. The van der Waals surface area contributed by atoms with Gasteiger partial charge in [-0.3, -0.25) is 9.59 Å². The lowest BCUT2D eigenvalue weighted by atomic mass is 9.96. The number of halogens is 1. The van der Waals surface area contributed by atoms with Crippen LogP contribution in [0, 0.1) is 5.92 Å². The third kappa shape index (κ3) is 6.23. The molecule has 0 radical (unpaired) electrons. The predicted molar refractivity (Wildman–Crippen MR) is 120 cm³/mol. The summed E-state index contributed by atoms with van der Waals surface area (Å²) in [5, 5.41) is 9.89. The second-order valence-electron chi connectivity index (χ2n) is 8.00. The van der Waals surface area contributed by atoms with Crippen LogP contribution in [0.4, 0.5) is 5.69 Å². The van der Waals surface area contributed by atoms with Crippen molar-refractivity contribution in [1.82, 2.24) is 4.90 Å². The molecule has 1 amide bonds. The van der Waals surface area contributed by atoms with Crippen LogP contribution in [0.15, 0.2) is 48.5 Å². The molecule has 0 aromatic heterocycles. The number of carboxylic acid groups (broad SMARTS) is 1. The Morgan fingerprint density at radius 3 is 2.47 bits per heavy atom. The van der Waals surface area contributed by atoms with Gasteiger partial charge in [0.25, 0.3) is 0 Å². The van der Waals surface area contributed by atoms with Gasteiger partial charge in [0.05, 0.1) is 5.92 Å². The molecule has 1 fully saturated rings. The molecule has 2 aromatic rings. The summed E-state index contributed by atoms with van der Waals surface area (Å²) in [6, 6.07) is 16.0. The molecule has 3 rings (SSSR count). The summed E-state index contributed by atoms with van der Waals surface area (Å²) in [5.41, 5.74) is 3.37. The lowest BCUT2D eigenvalue weighted by Crippen LogP contribution is -2.36. The summed E-state index contributed by atoms with van der Waals surface area (Å²) >= 11 is 5.91. The highest BCUT2D eigenvalue weighted by atomic mass is 35.5. The van der Waals surface area contributed by atoms with Crippen molar-refractivity contribution in [3.05, 3.63) is 64.7 Å². The number of amides is 1. The zero-order chi connectivity index (χ0) is 21.5. The van der Waals surface area contributed by atoms with E-state index in [9.17, 15) is 9.59 Å². The van der Waals surface area contributed by atoms with E-state index in [-0.39, 0.29) is 11.8 Å². The first-order valence-electron chi connectivity index (χ1n) is 10.5. The second kappa shape index (κ2) is 10.5. The van der Waals surface area contributed by atoms with E-state index in [4.69, 9.17) is 16.7 Å². The van der Waals surface area contributed by atoms with Gasteiger partial charge in [0, 0.05) is 43.8 Å². The van der Waals surface area contributed by atoms with Gasteiger partial charge in [0.15, 0.2) is 0 Å². The summed E-state index contributed by atoms with van der Waals surface area (Å²) in [5.74, 6) is -0.794. The fraction of sp³-hybridized carbons (Fsp3) is 0.417. The maximum atomic E-state index is 12.5. The second-order valence-corrected chi connectivity index (χ2v) is 8.44. The topological polar surface area (TPSA) is 60.9 Å². The van der Waals surface area contributed by atoms with E-state index < -0.39 is 5.97 Å². The Hall–Kier alpha value is -2.53. The Morgan fingerprint density at radius 2 is 1.80 bits per heavy atom. The summed E-state index contributed by atoms with van der Waals surface area (Å²) in [6.07, 6.45) is 3.53. The van der Waals surface area contributed by atoms with Crippen molar-refractivity contribution >= 4 is 29.2 Å². The van der Waals surface area contributed by atoms with Crippen molar-refractivity contribution in [3.8, 4) is 0 Å². The molecular weight excluding hydrogens is 400 g/mol. The minimum absolute atomic E-state index is 0.136. The zero-order valence-electron chi connectivity index (χ0n) is 17.4. The van der Waals surface area contributed by atoms with E-state index in [1.165, 1.54) is 5.56 Å². The number of benzene rings is 2. The van der Waals surface area contributed by atoms with Crippen molar-refractivity contribution in [2.24, 2.45) is 5.92 Å². The van der Waals surface area contributed by atoms with Gasteiger partial charge < -0.3 is 14.9 Å². The minimum Gasteiger partial charge on any atom is -0.481 e. The van der Waals surface area contributed by atoms with Crippen molar-refractivity contribution in [2.45, 2.75) is 38.6 Å². The van der Waals surface area contributed by atoms with E-state index in [1.54, 1.807) is 4.90 Å². The fourth-order valence-electron chi connectivity index (χ4n) is 3.88. The molecule has 1 heterocycles. The van der Waals surface area contributed by atoms with Gasteiger partial charge in [-0.2, -0.15) is 0 Å². The van der Waals surface area contributed by atoms with Crippen LogP contribution in [-0.2, 0) is 22.6 Å². The van der Waals surface area contributed by atoms with E-state index in [1.807, 2.05) is 43.4 Å². The highest BCUT2D eigenvalue weighted by molar-refractivity contribution is 6.30. The van der Waals surface area contributed by atoms with Crippen LogP contribution in [0.3, 0.4) is 0 Å². The first-order valence-corrected chi connectivity index (χ1v) is 10.9. The molecule has 1 saturated heterocycles. The van der Waals surface area contributed by atoms with Gasteiger partial charge in [-0.1, -0.05) is 35.9 Å². The molecule has 1 aliphatic rings. The standard InChI is InChI=1S/C24H29ClN2O3/c1-26(23(28)7-3-4-18-8-10-21(25)11-9-18)17-19-5-2-6-22(16-19)27-14-12-20(13-15-27)24(29)30/h2,5-6,8-11,16,20H,3-4,7,12-15,17H2,1H3,(H,29,30). The Balaban J connectivity index is 1.48. The largest absolute Gasteiger partial charge is 0.481 e. The molecule has 0 spiro atoms. The van der Waals surface area contributed by atoms with E-state index in [0.717, 1.165) is 42.2 Å². The molecular formula is C24H29ClN2O3. The maximum absolute atomic E-state index is 12.5. The number of rotatable bonds is 8. The third-order valence-corrected chi connectivity index (χ3v) is 5.99. The lowest BCUT2D eigenvalue weighted by molar-refractivity contribution is -0.142. The van der Waals surface area contributed by atoms with Crippen molar-refractivity contribution in [3.63, 3.8) is 0 Å². The number of piperidine rings is 1. The average Bonchev–Trinajstić information content (AvgIpc) is 2.75. The number of hydrogen-bond acceptors (Lipinski definition) is 3. The zero-order valence-corrected chi connectivity index (χ0v) is 18.1. The monoisotopic (exact) mass is 428 g/mol. The first kappa shape index (κ1) is 22.2. The molecule has 6 heteroatoms. The number of nitrogens with zero attached hydrogens (tertiary/aromatic N) is 2. The van der Waals surface area contributed by atoms with Gasteiger partial charge in [0.1, 0.15) is 0 Å². The average molecular weight is 429 g/mol. The molecule has 5 nitrogen and oxygen atoms in total. The molecule has 2 aromatic carbocycles. The molecule has 160 valence electrons. The van der Waals surface area contributed by atoms with E-state index in [2.05, 4.69) is 17.0 Å². The van der Waals surface area contributed by atoms with Gasteiger partial charge in [-0.25, -0.2) is 0 Å². The maximum Gasteiger partial charge on any atom is 0.306 e. The summed E-state index contributed by atoms with van der Waals surface area (Å²) in [7, 11) is 1.84. The smallest absolute Gasteiger partial charge is 0.306 e. The minimum atomic E-state index is -0.695. The fourth-order valence-corrected chi connectivity index (χ4v) is 4.01. The third-order valence-electron chi connectivity index (χ3n) is 5.73. The number of anilines is 1. The lowest BCUT2D eigenvalue weighted by Gasteiger charge is -2.32. The van der Waals surface area contributed by atoms with Crippen LogP contribution in [0.2, 0.25) is 5.02 Å². The first-order chi connectivity index (χ1) is 14.4. The van der Waals surface area contributed by atoms with Crippen molar-refractivity contribution in [1.29, 1.82) is 0 Å². The number of carbonyl (C=O) groups is 2. The van der Waals surface area contributed by atoms with Crippen LogP contribution in [0.25, 0.3) is 0 Å². The number of hydrogen-bond donors (Lipinski definition) is 1. The molecule has 0 bridgehead atoms. The van der Waals surface area contributed by atoms with Gasteiger partial charge in [-0.05, 0) is 61.1 Å². The van der Waals surface area contributed by atoms with Crippen LogP contribution in [-0.4, -0.2) is 42.0 Å². The van der Waals surface area contributed by atoms with Gasteiger partial charge in [-0.15, -0.1) is 0 Å². The number of aliphatic carboxylic acids is 1. The van der Waals surface area contributed by atoms with Crippen LogP contribution < -0.4 is 4.90 Å². The molecule has 1 N–H and O–H groups in total. The Bertz CT molecular complexity index is 861. The highest BCUT2D eigenvalue weighted by Crippen LogP contribution is 2.24. The Kier molecular flexibility index (Phi) is 7.75. The van der Waals surface area contributed by atoms with E-state index in [0.29, 0.717) is 25.8 Å². The molecule has 0 atom stereocenters. The summed E-state index contributed by atoms with van der Waals surface area (Å²) < 4.78 is 0.